The number of fused-ring (bicyclic) bond motifs is 3. The van der Waals surface area contributed by atoms with E-state index in [9.17, 15) is 4.79 Å². The molecule has 124 valence electrons. The van der Waals surface area contributed by atoms with E-state index < -0.39 is 5.97 Å². The fraction of sp³-hybridized carbons (Fsp3) is 0.222. The zero-order valence-electron chi connectivity index (χ0n) is 13.6. The van der Waals surface area contributed by atoms with Crippen molar-refractivity contribution in [3.63, 3.8) is 0 Å². The summed E-state index contributed by atoms with van der Waals surface area (Å²) in [5, 5.41) is 6.05. The Labute approximate surface area is 145 Å². The summed E-state index contributed by atoms with van der Waals surface area (Å²) in [4.78, 5) is 15.7. The van der Waals surface area contributed by atoms with Crippen LogP contribution >= 0.6 is 12.6 Å². The molecule has 6 heteroatoms. The van der Waals surface area contributed by atoms with Gasteiger partial charge in [-0.05, 0) is 42.8 Å². The number of nitrogens with zero attached hydrogens (tertiary/aromatic N) is 2. The number of carbonyl (C=O) groups is 1. The van der Waals surface area contributed by atoms with Crippen molar-refractivity contribution in [2.75, 3.05) is 11.5 Å². The SMILES string of the molecule is CC(=O)O/N=C(\C)c1ccc2c(c1)c1cc(N)ccc1n2CCS. The van der Waals surface area contributed by atoms with Crippen LogP contribution in [0.25, 0.3) is 21.8 Å². The number of rotatable bonds is 4. The van der Waals surface area contributed by atoms with Gasteiger partial charge in [-0.15, -0.1) is 0 Å². The summed E-state index contributed by atoms with van der Waals surface area (Å²) in [7, 11) is 0. The van der Waals surface area contributed by atoms with Gasteiger partial charge in [0.2, 0.25) is 0 Å². The van der Waals surface area contributed by atoms with Crippen LogP contribution in [0.2, 0.25) is 0 Å². The average molecular weight is 341 g/mol. The molecule has 3 aromatic rings. The lowest BCUT2D eigenvalue weighted by Gasteiger charge is -2.05. The van der Waals surface area contributed by atoms with Crippen molar-refractivity contribution in [3.05, 3.63) is 42.0 Å². The second kappa shape index (κ2) is 6.57. The topological polar surface area (TPSA) is 69.6 Å². The predicted octanol–water partition coefficient (Wildman–Crippen LogP) is 3.59. The van der Waals surface area contributed by atoms with E-state index in [0.717, 1.165) is 45.4 Å². The number of thiol groups is 1. The number of anilines is 1. The fourth-order valence-electron chi connectivity index (χ4n) is 2.87. The number of hydrogen-bond donors (Lipinski definition) is 2. The van der Waals surface area contributed by atoms with E-state index in [1.54, 1.807) is 0 Å². The van der Waals surface area contributed by atoms with Gasteiger partial charge >= 0.3 is 5.97 Å². The summed E-state index contributed by atoms with van der Waals surface area (Å²) in [5.74, 6) is 0.311. The Morgan fingerprint density at radius 2 is 1.83 bits per heavy atom. The third kappa shape index (κ3) is 2.97. The first-order valence-electron chi connectivity index (χ1n) is 7.66. The molecular weight excluding hydrogens is 322 g/mol. The van der Waals surface area contributed by atoms with Crippen molar-refractivity contribution >= 4 is 51.8 Å². The summed E-state index contributed by atoms with van der Waals surface area (Å²) in [6.45, 7) is 3.95. The maximum atomic E-state index is 10.9. The molecule has 0 saturated heterocycles. The number of nitrogen functional groups attached to an aromatic ring is 1. The zero-order valence-corrected chi connectivity index (χ0v) is 14.5. The lowest BCUT2D eigenvalue weighted by atomic mass is 10.1. The molecule has 2 N–H and O–H groups in total. The standard InChI is InChI=1S/C18H19N3O2S/c1-11(20-23-12(2)22)13-3-5-17-15(9-13)16-10-14(19)4-6-18(16)21(17)7-8-24/h3-6,9-10,24H,7-8,19H2,1-2H3/b20-11+. The second-order valence-corrected chi connectivity index (χ2v) is 6.09. The van der Waals surface area contributed by atoms with E-state index in [2.05, 4.69) is 34.5 Å². The molecule has 0 spiro atoms. The lowest BCUT2D eigenvalue weighted by Crippen LogP contribution is -2.00. The van der Waals surface area contributed by atoms with Crippen molar-refractivity contribution in [2.24, 2.45) is 5.16 Å². The van der Waals surface area contributed by atoms with Gasteiger partial charge in [-0.3, -0.25) is 0 Å². The molecule has 0 atom stereocenters. The molecule has 2 aromatic carbocycles. The Bertz CT molecular complexity index is 960. The minimum atomic E-state index is -0.436. The summed E-state index contributed by atoms with van der Waals surface area (Å²) in [5.41, 5.74) is 10.5. The van der Waals surface area contributed by atoms with Gasteiger partial charge in [-0.2, -0.15) is 12.6 Å². The summed E-state index contributed by atoms with van der Waals surface area (Å²) in [6, 6.07) is 12.0. The molecule has 3 rings (SSSR count). The molecule has 1 aromatic heterocycles. The minimum Gasteiger partial charge on any atom is -0.399 e. The molecule has 0 aliphatic carbocycles. The van der Waals surface area contributed by atoms with Crippen LogP contribution in [0.4, 0.5) is 5.69 Å². The Hall–Kier alpha value is -2.47. The Balaban J connectivity index is 2.21. The first-order chi connectivity index (χ1) is 11.5. The van der Waals surface area contributed by atoms with E-state index in [1.807, 2.05) is 31.2 Å². The molecule has 0 aliphatic heterocycles. The molecular formula is C18H19N3O2S. The number of hydrogen-bond acceptors (Lipinski definition) is 5. The fourth-order valence-corrected chi connectivity index (χ4v) is 3.07. The molecule has 0 saturated carbocycles. The second-order valence-electron chi connectivity index (χ2n) is 5.64. The van der Waals surface area contributed by atoms with E-state index in [4.69, 9.17) is 10.6 Å². The highest BCUT2D eigenvalue weighted by atomic mass is 32.1. The third-order valence-electron chi connectivity index (χ3n) is 3.94. The first-order valence-corrected chi connectivity index (χ1v) is 8.29. The van der Waals surface area contributed by atoms with Crippen LogP contribution in [-0.4, -0.2) is 22.0 Å². The number of carbonyl (C=O) groups excluding carboxylic acids is 1. The quantitative estimate of drug-likeness (QED) is 0.250. The lowest BCUT2D eigenvalue weighted by molar-refractivity contribution is -0.140. The smallest absolute Gasteiger partial charge is 0.331 e. The summed E-state index contributed by atoms with van der Waals surface area (Å²) in [6.07, 6.45) is 0. The Morgan fingerprint density at radius 1 is 1.17 bits per heavy atom. The van der Waals surface area contributed by atoms with Crippen molar-refractivity contribution in [1.29, 1.82) is 0 Å². The molecule has 24 heavy (non-hydrogen) atoms. The van der Waals surface area contributed by atoms with Gasteiger partial charge < -0.3 is 15.1 Å². The van der Waals surface area contributed by atoms with Crippen LogP contribution in [0, 0.1) is 0 Å². The molecule has 0 amide bonds. The van der Waals surface area contributed by atoms with Gasteiger partial charge in [-0.25, -0.2) is 4.79 Å². The molecule has 0 radical (unpaired) electrons. The largest absolute Gasteiger partial charge is 0.399 e. The molecule has 0 bridgehead atoms. The van der Waals surface area contributed by atoms with Gasteiger partial charge in [0.15, 0.2) is 0 Å². The predicted molar refractivity (Wildman–Crippen MR) is 102 cm³/mol. The third-order valence-corrected chi connectivity index (χ3v) is 4.14. The van der Waals surface area contributed by atoms with Crippen LogP contribution in [0.15, 0.2) is 41.6 Å². The van der Waals surface area contributed by atoms with Gasteiger partial charge in [0.1, 0.15) is 0 Å². The summed E-state index contributed by atoms with van der Waals surface area (Å²) < 4.78 is 2.24. The van der Waals surface area contributed by atoms with Crippen molar-refractivity contribution < 1.29 is 9.63 Å². The molecule has 0 aliphatic rings. The van der Waals surface area contributed by atoms with E-state index in [0.29, 0.717) is 5.71 Å². The highest BCUT2D eigenvalue weighted by Crippen LogP contribution is 2.31. The summed E-state index contributed by atoms with van der Waals surface area (Å²) >= 11 is 4.37. The molecule has 0 unspecified atom stereocenters. The van der Waals surface area contributed by atoms with Gasteiger partial charge in [0.25, 0.3) is 0 Å². The monoisotopic (exact) mass is 341 g/mol. The molecule has 1 heterocycles. The van der Waals surface area contributed by atoms with Gasteiger partial charge in [-0.1, -0.05) is 11.2 Å². The number of benzene rings is 2. The first kappa shape index (κ1) is 16.4. The Kier molecular flexibility index (Phi) is 4.49. The highest BCUT2D eigenvalue weighted by molar-refractivity contribution is 7.80. The maximum absolute atomic E-state index is 10.9. The number of nitrogens with two attached hydrogens (primary N) is 1. The van der Waals surface area contributed by atoms with E-state index >= 15 is 0 Å². The average Bonchev–Trinajstić information content (AvgIpc) is 2.86. The highest BCUT2D eigenvalue weighted by Gasteiger charge is 2.12. The van der Waals surface area contributed by atoms with E-state index in [-0.39, 0.29) is 0 Å². The van der Waals surface area contributed by atoms with Crippen molar-refractivity contribution in [3.8, 4) is 0 Å². The van der Waals surface area contributed by atoms with Crippen LogP contribution in [0.5, 0.6) is 0 Å². The minimum absolute atomic E-state index is 0.436. The number of aryl methyl sites for hydroxylation is 1. The van der Waals surface area contributed by atoms with Crippen LogP contribution in [0.3, 0.4) is 0 Å². The van der Waals surface area contributed by atoms with Gasteiger partial charge in [0.05, 0.1) is 5.71 Å². The van der Waals surface area contributed by atoms with E-state index in [1.165, 1.54) is 6.92 Å². The van der Waals surface area contributed by atoms with Crippen molar-refractivity contribution in [2.45, 2.75) is 20.4 Å². The van der Waals surface area contributed by atoms with Crippen molar-refractivity contribution in [1.82, 2.24) is 4.57 Å². The van der Waals surface area contributed by atoms with Crippen LogP contribution in [-0.2, 0) is 16.2 Å². The zero-order chi connectivity index (χ0) is 17.3. The molecule has 5 nitrogen and oxygen atoms in total. The van der Waals surface area contributed by atoms with Crippen LogP contribution in [0.1, 0.15) is 19.4 Å². The maximum Gasteiger partial charge on any atom is 0.331 e. The number of aromatic nitrogens is 1. The van der Waals surface area contributed by atoms with Crippen LogP contribution < -0.4 is 5.73 Å². The Morgan fingerprint density at radius 3 is 2.50 bits per heavy atom. The number of oxime groups is 1. The normalized spacial score (nSPS) is 12.0. The van der Waals surface area contributed by atoms with Gasteiger partial charge in [0, 0.05) is 46.7 Å². The molecule has 0 fully saturated rings.